The predicted octanol–water partition coefficient (Wildman–Crippen LogP) is 3.54. The molecule has 0 saturated heterocycles. The molecular weight excluding hydrogens is 265 g/mol. The third-order valence-electron chi connectivity index (χ3n) is 3.33. The van der Waals surface area contributed by atoms with Gasteiger partial charge in [0.25, 0.3) is 0 Å². The molecule has 0 atom stereocenters. The summed E-state index contributed by atoms with van der Waals surface area (Å²) in [6, 6.07) is 8.77. The highest BCUT2D eigenvalue weighted by atomic mass is 35.5. The van der Waals surface area contributed by atoms with E-state index in [0.29, 0.717) is 13.2 Å². The summed E-state index contributed by atoms with van der Waals surface area (Å²) in [6.07, 6.45) is 0.880. The molecule has 1 aliphatic heterocycles. The van der Waals surface area contributed by atoms with Gasteiger partial charge in [0, 0.05) is 18.5 Å². The summed E-state index contributed by atoms with van der Waals surface area (Å²) in [6.45, 7) is 1.11. The molecule has 3 rings (SSSR count). The van der Waals surface area contributed by atoms with Crippen LogP contribution in [0.3, 0.4) is 0 Å². The van der Waals surface area contributed by atoms with E-state index >= 15 is 0 Å². The Hall–Kier alpha value is -1.58. The van der Waals surface area contributed by atoms with E-state index < -0.39 is 5.82 Å². The highest BCUT2D eigenvalue weighted by Crippen LogP contribution is 2.35. The minimum Gasteiger partial charge on any atom is -0.493 e. The summed E-state index contributed by atoms with van der Waals surface area (Å²) in [4.78, 5) is 0. The predicted molar refractivity (Wildman–Crippen MR) is 73.9 cm³/mol. The minimum atomic E-state index is -0.408. The molecule has 1 heterocycles. The SMILES string of the molecule is NCc1cc(-c2ccc(F)c(Cl)c2)cc2c1OCC2. The molecule has 0 aromatic heterocycles. The van der Waals surface area contributed by atoms with Crippen molar-refractivity contribution in [2.75, 3.05) is 6.61 Å². The van der Waals surface area contributed by atoms with Crippen molar-refractivity contribution in [1.82, 2.24) is 0 Å². The lowest BCUT2D eigenvalue weighted by Crippen LogP contribution is -2.00. The van der Waals surface area contributed by atoms with Gasteiger partial charge in [-0.15, -0.1) is 0 Å². The van der Waals surface area contributed by atoms with Crippen LogP contribution in [-0.4, -0.2) is 6.61 Å². The van der Waals surface area contributed by atoms with Crippen molar-refractivity contribution in [2.45, 2.75) is 13.0 Å². The molecule has 98 valence electrons. The number of hydrogen-bond donors (Lipinski definition) is 1. The smallest absolute Gasteiger partial charge is 0.141 e. The Morgan fingerprint density at radius 1 is 1.21 bits per heavy atom. The molecule has 0 aliphatic carbocycles. The van der Waals surface area contributed by atoms with Crippen molar-refractivity contribution in [3.8, 4) is 16.9 Å². The first-order chi connectivity index (χ1) is 9.19. The summed E-state index contributed by atoms with van der Waals surface area (Å²) in [7, 11) is 0. The fourth-order valence-electron chi connectivity index (χ4n) is 2.38. The Bertz CT molecular complexity index is 642. The van der Waals surface area contributed by atoms with Crippen molar-refractivity contribution in [3.63, 3.8) is 0 Å². The quantitative estimate of drug-likeness (QED) is 0.911. The first kappa shape index (κ1) is 12.5. The van der Waals surface area contributed by atoms with Gasteiger partial charge in [-0.25, -0.2) is 4.39 Å². The molecule has 1 aliphatic rings. The maximum atomic E-state index is 13.2. The van der Waals surface area contributed by atoms with E-state index in [9.17, 15) is 4.39 Å². The largest absolute Gasteiger partial charge is 0.493 e. The van der Waals surface area contributed by atoms with Gasteiger partial charge in [0.2, 0.25) is 0 Å². The van der Waals surface area contributed by atoms with Gasteiger partial charge in [-0.3, -0.25) is 0 Å². The van der Waals surface area contributed by atoms with Gasteiger partial charge >= 0.3 is 0 Å². The number of ether oxygens (including phenoxy) is 1. The summed E-state index contributed by atoms with van der Waals surface area (Å²) in [5.74, 6) is 0.494. The first-order valence-electron chi connectivity index (χ1n) is 6.13. The van der Waals surface area contributed by atoms with Gasteiger partial charge < -0.3 is 10.5 Å². The van der Waals surface area contributed by atoms with Crippen molar-refractivity contribution in [3.05, 3.63) is 52.3 Å². The summed E-state index contributed by atoms with van der Waals surface area (Å²) in [5, 5.41) is 0.128. The Morgan fingerprint density at radius 2 is 2.05 bits per heavy atom. The molecule has 0 unspecified atom stereocenters. The van der Waals surface area contributed by atoms with Crippen LogP contribution in [0.2, 0.25) is 5.02 Å². The second kappa shape index (κ2) is 4.83. The van der Waals surface area contributed by atoms with Crippen LogP contribution in [-0.2, 0) is 13.0 Å². The minimum absolute atomic E-state index is 0.128. The van der Waals surface area contributed by atoms with Gasteiger partial charge in [0.05, 0.1) is 11.6 Å². The van der Waals surface area contributed by atoms with Crippen molar-refractivity contribution in [2.24, 2.45) is 5.73 Å². The lowest BCUT2D eigenvalue weighted by Gasteiger charge is -2.10. The third-order valence-corrected chi connectivity index (χ3v) is 3.62. The molecule has 0 radical (unpaired) electrons. The average Bonchev–Trinajstić information content (AvgIpc) is 2.89. The average molecular weight is 278 g/mol. The third kappa shape index (κ3) is 2.20. The maximum Gasteiger partial charge on any atom is 0.141 e. The monoisotopic (exact) mass is 277 g/mol. The number of nitrogens with two attached hydrogens (primary N) is 1. The first-order valence-corrected chi connectivity index (χ1v) is 6.51. The molecule has 2 aromatic carbocycles. The van der Waals surface area contributed by atoms with Gasteiger partial charge in [-0.1, -0.05) is 17.7 Å². The lowest BCUT2D eigenvalue weighted by atomic mass is 9.98. The van der Waals surface area contributed by atoms with E-state index in [4.69, 9.17) is 22.1 Å². The number of fused-ring (bicyclic) bond motifs is 1. The van der Waals surface area contributed by atoms with Gasteiger partial charge in [-0.2, -0.15) is 0 Å². The number of halogens is 2. The van der Waals surface area contributed by atoms with E-state index in [1.165, 1.54) is 6.07 Å². The number of hydrogen-bond acceptors (Lipinski definition) is 2. The molecule has 0 bridgehead atoms. The number of rotatable bonds is 2. The van der Waals surface area contributed by atoms with Crippen molar-refractivity contribution < 1.29 is 9.13 Å². The summed E-state index contributed by atoms with van der Waals surface area (Å²) < 4.78 is 18.8. The fraction of sp³-hybridized carbons (Fsp3) is 0.200. The Morgan fingerprint density at radius 3 is 2.79 bits per heavy atom. The number of benzene rings is 2. The fourth-order valence-corrected chi connectivity index (χ4v) is 2.56. The molecule has 19 heavy (non-hydrogen) atoms. The van der Waals surface area contributed by atoms with Gasteiger partial charge in [-0.05, 0) is 41.0 Å². The molecule has 2 N–H and O–H groups in total. The molecule has 0 saturated carbocycles. The molecule has 0 spiro atoms. The zero-order valence-corrected chi connectivity index (χ0v) is 11.0. The highest BCUT2D eigenvalue weighted by Gasteiger charge is 2.17. The topological polar surface area (TPSA) is 35.2 Å². The van der Waals surface area contributed by atoms with Gasteiger partial charge in [0.15, 0.2) is 0 Å². The molecule has 0 fully saturated rings. The Kier molecular flexibility index (Phi) is 3.17. The second-order valence-corrected chi connectivity index (χ2v) is 4.96. The van der Waals surface area contributed by atoms with Crippen LogP contribution in [0.5, 0.6) is 5.75 Å². The van der Waals surface area contributed by atoms with Crippen LogP contribution in [0.1, 0.15) is 11.1 Å². The van der Waals surface area contributed by atoms with E-state index in [1.54, 1.807) is 12.1 Å². The maximum absolute atomic E-state index is 13.2. The lowest BCUT2D eigenvalue weighted by molar-refractivity contribution is 0.353. The van der Waals surface area contributed by atoms with Crippen LogP contribution in [0.4, 0.5) is 4.39 Å². The molecule has 2 aromatic rings. The highest BCUT2D eigenvalue weighted by molar-refractivity contribution is 6.31. The zero-order chi connectivity index (χ0) is 13.4. The van der Waals surface area contributed by atoms with Crippen molar-refractivity contribution in [1.29, 1.82) is 0 Å². The van der Waals surface area contributed by atoms with Gasteiger partial charge in [0.1, 0.15) is 11.6 Å². The molecule has 4 heteroatoms. The Balaban J connectivity index is 2.12. The van der Waals surface area contributed by atoms with E-state index in [0.717, 1.165) is 34.4 Å². The van der Waals surface area contributed by atoms with Crippen LogP contribution in [0.25, 0.3) is 11.1 Å². The summed E-state index contributed by atoms with van der Waals surface area (Å²) >= 11 is 5.83. The van der Waals surface area contributed by atoms with E-state index in [-0.39, 0.29) is 5.02 Å². The van der Waals surface area contributed by atoms with Crippen molar-refractivity contribution >= 4 is 11.6 Å². The second-order valence-electron chi connectivity index (χ2n) is 4.56. The van der Waals surface area contributed by atoms with Crippen LogP contribution in [0.15, 0.2) is 30.3 Å². The Labute approximate surface area is 115 Å². The van der Waals surface area contributed by atoms with Crippen LogP contribution in [0, 0.1) is 5.82 Å². The molecule has 0 amide bonds. The van der Waals surface area contributed by atoms with Crippen LogP contribution < -0.4 is 10.5 Å². The molecular formula is C15H13ClFNO. The van der Waals surface area contributed by atoms with Crippen LogP contribution >= 0.6 is 11.6 Å². The standard InChI is InChI=1S/C15H13ClFNO/c16-13-7-9(1-2-14(13)17)11-5-10-3-4-19-15(10)12(6-11)8-18/h1-2,5-7H,3-4,8,18H2. The van der Waals surface area contributed by atoms with E-state index in [2.05, 4.69) is 6.07 Å². The normalized spacial score (nSPS) is 13.2. The molecule has 2 nitrogen and oxygen atoms in total. The van der Waals surface area contributed by atoms with E-state index in [1.807, 2.05) is 6.07 Å². The zero-order valence-electron chi connectivity index (χ0n) is 10.2. The summed E-state index contributed by atoms with van der Waals surface area (Å²) in [5.41, 5.74) is 9.76.